The molecule has 0 aliphatic heterocycles. The molecule has 0 heterocycles. The monoisotopic (exact) mass is 283 g/mol. The van der Waals surface area contributed by atoms with Crippen molar-refractivity contribution >= 4 is 0 Å². The normalized spacial score (nSPS) is 13.8. The van der Waals surface area contributed by atoms with Crippen molar-refractivity contribution in [3.63, 3.8) is 0 Å². The predicted octanol–water partition coefficient (Wildman–Crippen LogP) is 1.45. The number of hydrogen-bond donors (Lipinski definition) is 2. The van der Waals surface area contributed by atoms with Crippen molar-refractivity contribution in [1.82, 2.24) is 5.32 Å². The Hall–Kier alpha value is -1.30. The fraction of sp³-hybridized carbons (Fsp3) is 0.600. The largest absolute Gasteiger partial charge is 0.497 e. The summed E-state index contributed by atoms with van der Waals surface area (Å²) in [4.78, 5) is 0. The van der Waals surface area contributed by atoms with E-state index in [1.807, 2.05) is 24.3 Å². The van der Waals surface area contributed by atoms with Gasteiger partial charge >= 0.3 is 0 Å². The van der Waals surface area contributed by atoms with Crippen molar-refractivity contribution in [1.29, 1.82) is 0 Å². The van der Waals surface area contributed by atoms with Crippen molar-refractivity contribution < 1.29 is 19.3 Å². The first kappa shape index (κ1) is 16.8. The Balaban J connectivity index is 2.20. The molecule has 0 saturated heterocycles. The fourth-order valence-corrected chi connectivity index (χ4v) is 1.66. The van der Waals surface area contributed by atoms with Gasteiger partial charge in [-0.05, 0) is 37.6 Å². The summed E-state index contributed by atoms with van der Waals surface area (Å²) in [5.41, 5.74) is 0. The van der Waals surface area contributed by atoms with Gasteiger partial charge in [-0.2, -0.15) is 0 Å². The van der Waals surface area contributed by atoms with E-state index in [-0.39, 0.29) is 6.61 Å². The molecule has 0 aromatic heterocycles. The number of aliphatic hydroxyl groups excluding tert-OH is 1. The highest BCUT2D eigenvalue weighted by molar-refractivity contribution is 5.31. The molecule has 5 heteroatoms. The summed E-state index contributed by atoms with van der Waals surface area (Å²) in [6.45, 7) is 3.54. The summed E-state index contributed by atoms with van der Waals surface area (Å²) < 4.78 is 15.6. The molecule has 2 atom stereocenters. The molecular weight excluding hydrogens is 258 g/mol. The fourth-order valence-electron chi connectivity index (χ4n) is 1.66. The molecular formula is C15H25NO4. The number of methoxy groups -OCH3 is 2. The zero-order valence-corrected chi connectivity index (χ0v) is 12.5. The Kier molecular flexibility index (Phi) is 8.02. The topological polar surface area (TPSA) is 60.0 Å². The number of nitrogens with one attached hydrogen (secondary N) is 1. The van der Waals surface area contributed by atoms with Crippen LogP contribution in [-0.4, -0.2) is 51.2 Å². The van der Waals surface area contributed by atoms with Gasteiger partial charge in [0.2, 0.25) is 0 Å². The Morgan fingerprint density at radius 2 is 1.80 bits per heavy atom. The van der Waals surface area contributed by atoms with Gasteiger partial charge in [-0.3, -0.25) is 0 Å². The molecule has 1 aromatic rings. The van der Waals surface area contributed by atoms with Crippen LogP contribution in [0.2, 0.25) is 0 Å². The Labute approximate surface area is 120 Å². The van der Waals surface area contributed by atoms with Crippen LogP contribution in [0.3, 0.4) is 0 Å². The maximum atomic E-state index is 9.84. The van der Waals surface area contributed by atoms with E-state index in [2.05, 4.69) is 12.2 Å². The zero-order valence-electron chi connectivity index (χ0n) is 12.5. The van der Waals surface area contributed by atoms with Crippen LogP contribution in [0, 0.1) is 0 Å². The third kappa shape index (κ3) is 6.75. The third-order valence-corrected chi connectivity index (χ3v) is 2.96. The molecule has 1 rings (SSSR count). The van der Waals surface area contributed by atoms with E-state index >= 15 is 0 Å². The third-order valence-electron chi connectivity index (χ3n) is 2.96. The van der Waals surface area contributed by atoms with E-state index in [0.717, 1.165) is 17.9 Å². The highest BCUT2D eigenvalue weighted by Gasteiger charge is 2.08. The lowest BCUT2D eigenvalue weighted by atomic mass is 10.2. The van der Waals surface area contributed by atoms with Crippen LogP contribution in [0.4, 0.5) is 0 Å². The van der Waals surface area contributed by atoms with Gasteiger partial charge in [0.15, 0.2) is 0 Å². The number of benzene rings is 1. The predicted molar refractivity (Wildman–Crippen MR) is 78.5 cm³/mol. The minimum absolute atomic E-state index is 0.260. The van der Waals surface area contributed by atoms with Crippen LogP contribution in [0.1, 0.15) is 13.3 Å². The number of rotatable bonds is 10. The summed E-state index contributed by atoms with van der Waals surface area (Å²) in [5, 5.41) is 13.1. The summed E-state index contributed by atoms with van der Waals surface area (Å²) in [5.74, 6) is 1.50. The van der Waals surface area contributed by atoms with E-state index in [1.165, 1.54) is 0 Å². The number of aliphatic hydroxyl groups is 1. The van der Waals surface area contributed by atoms with Crippen molar-refractivity contribution in [2.45, 2.75) is 25.5 Å². The number of ether oxygens (including phenoxy) is 3. The first-order chi connectivity index (χ1) is 9.65. The van der Waals surface area contributed by atoms with Crippen LogP contribution < -0.4 is 14.8 Å². The maximum absolute atomic E-state index is 9.84. The average Bonchev–Trinajstić information content (AvgIpc) is 2.49. The molecule has 114 valence electrons. The van der Waals surface area contributed by atoms with Crippen molar-refractivity contribution in [2.75, 3.05) is 34.0 Å². The van der Waals surface area contributed by atoms with Crippen molar-refractivity contribution in [3.8, 4) is 11.5 Å². The minimum atomic E-state index is -0.540. The average molecular weight is 283 g/mol. The van der Waals surface area contributed by atoms with Gasteiger partial charge in [-0.15, -0.1) is 0 Å². The molecule has 0 bridgehead atoms. The summed E-state index contributed by atoms with van der Waals surface area (Å²) >= 11 is 0. The smallest absolute Gasteiger partial charge is 0.119 e. The molecule has 0 spiro atoms. The highest BCUT2D eigenvalue weighted by Crippen LogP contribution is 2.16. The Morgan fingerprint density at radius 1 is 1.15 bits per heavy atom. The first-order valence-corrected chi connectivity index (χ1v) is 6.83. The molecule has 2 unspecified atom stereocenters. The Morgan fingerprint density at radius 3 is 2.40 bits per heavy atom. The van der Waals surface area contributed by atoms with Crippen LogP contribution in [0.5, 0.6) is 11.5 Å². The minimum Gasteiger partial charge on any atom is -0.497 e. The second kappa shape index (κ2) is 9.58. The molecule has 0 radical (unpaired) electrons. The van der Waals surface area contributed by atoms with E-state index in [4.69, 9.17) is 14.2 Å². The molecule has 5 nitrogen and oxygen atoms in total. The van der Waals surface area contributed by atoms with Gasteiger partial charge in [0, 0.05) is 26.3 Å². The highest BCUT2D eigenvalue weighted by atomic mass is 16.5. The molecule has 0 aliphatic carbocycles. The molecule has 0 aliphatic rings. The molecule has 0 fully saturated rings. The number of hydrogen-bond acceptors (Lipinski definition) is 5. The summed E-state index contributed by atoms with van der Waals surface area (Å²) in [6, 6.07) is 7.60. The van der Waals surface area contributed by atoms with Gasteiger partial charge < -0.3 is 24.6 Å². The molecule has 0 saturated carbocycles. The quantitative estimate of drug-likeness (QED) is 0.680. The first-order valence-electron chi connectivity index (χ1n) is 6.83. The standard InChI is InChI=1S/C15H25NO4/c1-12(8-9-18-2)16-10-13(17)11-20-15-6-4-14(19-3)5-7-15/h4-7,12-13,16-17H,8-11H2,1-3H3. The SMILES string of the molecule is COCCC(C)NCC(O)COc1ccc(OC)cc1. The zero-order chi connectivity index (χ0) is 14.8. The van der Waals surface area contributed by atoms with E-state index in [9.17, 15) is 5.11 Å². The van der Waals surface area contributed by atoms with Crippen LogP contribution >= 0.6 is 0 Å². The lowest BCUT2D eigenvalue weighted by Gasteiger charge is -2.17. The second-order valence-corrected chi connectivity index (χ2v) is 4.73. The van der Waals surface area contributed by atoms with Crippen LogP contribution in [0.15, 0.2) is 24.3 Å². The molecule has 20 heavy (non-hydrogen) atoms. The van der Waals surface area contributed by atoms with Crippen LogP contribution in [0.25, 0.3) is 0 Å². The summed E-state index contributed by atoms with van der Waals surface area (Å²) in [7, 11) is 3.31. The van der Waals surface area contributed by atoms with Gasteiger partial charge in [0.25, 0.3) is 0 Å². The lowest BCUT2D eigenvalue weighted by Crippen LogP contribution is -2.37. The van der Waals surface area contributed by atoms with Gasteiger partial charge in [0.05, 0.1) is 7.11 Å². The lowest BCUT2D eigenvalue weighted by molar-refractivity contribution is 0.102. The van der Waals surface area contributed by atoms with E-state index in [1.54, 1.807) is 14.2 Å². The molecule has 1 aromatic carbocycles. The van der Waals surface area contributed by atoms with Gasteiger partial charge in [0.1, 0.15) is 24.2 Å². The van der Waals surface area contributed by atoms with Gasteiger partial charge in [-0.25, -0.2) is 0 Å². The second-order valence-electron chi connectivity index (χ2n) is 4.73. The summed E-state index contributed by atoms with van der Waals surface area (Å²) in [6.07, 6.45) is 0.379. The molecule has 2 N–H and O–H groups in total. The van der Waals surface area contributed by atoms with E-state index in [0.29, 0.717) is 19.2 Å². The van der Waals surface area contributed by atoms with Crippen molar-refractivity contribution in [2.24, 2.45) is 0 Å². The van der Waals surface area contributed by atoms with E-state index < -0.39 is 6.10 Å². The van der Waals surface area contributed by atoms with Gasteiger partial charge in [-0.1, -0.05) is 0 Å². The molecule has 0 amide bonds. The Bertz CT molecular complexity index is 355. The van der Waals surface area contributed by atoms with Crippen molar-refractivity contribution in [3.05, 3.63) is 24.3 Å². The maximum Gasteiger partial charge on any atom is 0.119 e. The van der Waals surface area contributed by atoms with Crippen LogP contribution in [-0.2, 0) is 4.74 Å².